The molecular formula is C12H17N3. The number of nitrogens with one attached hydrogen (secondary N) is 1. The Balaban J connectivity index is 2.07. The molecule has 3 N–H and O–H groups in total. The monoisotopic (exact) mass is 203 g/mol. The summed E-state index contributed by atoms with van der Waals surface area (Å²) in [5, 5.41) is 7.38. The Morgan fingerprint density at radius 3 is 2.60 bits per heavy atom. The lowest BCUT2D eigenvalue weighted by atomic mass is 9.98. The van der Waals surface area contributed by atoms with Crippen LogP contribution in [-0.2, 0) is 0 Å². The summed E-state index contributed by atoms with van der Waals surface area (Å²) in [7, 11) is 0. The van der Waals surface area contributed by atoms with Crippen LogP contribution in [0.4, 0.5) is 0 Å². The maximum absolute atomic E-state index is 7.38. The quantitative estimate of drug-likeness (QED) is 0.539. The van der Waals surface area contributed by atoms with E-state index in [4.69, 9.17) is 11.1 Å². The largest absolute Gasteiger partial charge is 0.370 e. The third kappa shape index (κ3) is 2.12. The highest BCUT2D eigenvalue weighted by Gasteiger charge is 2.24. The number of aryl methyl sites for hydroxylation is 1. The fourth-order valence-electron chi connectivity index (χ4n) is 2.09. The van der Waals surface area contributed by atoms with E-state index >= 15 is 0 Å². The van der Waals surface area contributed by atoms with Gasteiger partial charge in [-0.15, -0.1) is 0 Å². The summed E-state index contributed by atoms with van der Waals surface area (Å²) in [6.45, 7) is 3.90. The Kier molecular flexibility index (Phi) is 2.62. The van der Waals surface area contributed by atoms with Gasteiger partial charge in [0.1, 0.15) is 0 Å². The van der Waals surface area contributed by atoms with Crippen molar-refractivity contribution in [2.75, 3.05) is 13.1 Å². The highest BCUT2D eigenvalue weighted by molar-refractivity contribution is 5.75. The summed E-state index contributed by atoms with van der Waals surface area (Å²) in [4.78, 5) is 1.94. The minimum Gasteiger partial charge on any atom is -0.370 e. The lowest BCUT2D eigenvalue weighted by Gasteiger charge is -2.15. The molecule has 0 aromatic heterocycles. The van der Waals surface area contributed by atoms with Gasteiger partial charge < -0.3 is 10.6 Å². The topological polar surface area (TPSA) is 53.1 Å². The van der Waals surface area contributed by atoms with Gasteiger partial charge in [0, 0.05) is 19.0 Å². The molecule has 1 atom stereocenters. The van der Waals surface area contributed by atoms with Gasteiger partial charge in [-0.2, -0.15) is 0 Å². The molecule has 0 saturated carbocycles. The molecule has 3 heteroatoms. The standard InChI is InChI=1S/C12H17N3/c1-9-2-4-10(5-3-9)11-6-7-15(8-11)12(13)14/h2-5,11H,6-8H2,1H3,(H3,13,14). The van der Waals surface area contributed by atoms with Crippen LogP contribution in [0.25, 0.3) is 0 Å². The molecule has 1 saturated heterocycles. The third-order valence-corrected chi connectivity index (χ3v) is 3.08. The van der Waals surface area contributed by atoms with Crippen molar-refractivity contribution in [2.45, 2.75) is 19.3 Å². The zero-order valence-corrected chi connectivity index (χ0v) is 9.03. The lowest BCUT2D eigenvalue weighted by molar-refractivity contribution is 0.501. The number of nitrogens with zero attached hydrogens (tertiary/aromatic N) is 1. The molecule has 0 amide bonds. The summed E-state index contributed by atoms with van der Waals surface area (Å²) >= 11 is 0. The number of hydrogen-bond donors (Lipinski definition) is 2. The molecule has 1 heterocycles. The summed E-state index contributed by atoms with van der Waals surface area (Å²) in [5.41, 5.74) is 8.13. The average molecular weight is 203 g/mol. The van der Waals surface area contributed by atoms with E-state index in [2.05, 4.69) is 31.2 Å². The average Bonchev–Trinajstić information content (AvgIpc) is 2.68. The van der Waals surface area contributed by atoms with Crippen LogP contribution in [0, 0.1) is 12.3 Å². The maximum atomic E-state index is 7.38. The minimum atomic E-state index is 0.199. The highest BCUT2D eigenvalue weighted by Crippen LogP contribution is 2.26. The molecule has 0 bridgehead atoms. The molecule has 0 aliphatic carbocycles. The molecule has 3 nitrogen and oxygen atoms in total. The first kappa shape index (κ1) is 10.0. The fraction of sp³-hybridized carbons (Fsp3) is 0.417. The van der Waals surface area contributed by atoms with E-state index in [9.17, 15) is 0 Å². The predicted molar refractivity (Wildman–Crippen MR) is 62.0 cm³/mol. The molecule has 80 valence electrons. The third-order valence-electron chi connectivity index (χ3n) is 3.08. The van der Waals surface area contributed by atoms with Gasteiger partial charge in [0.2, 0.25) is 0 Å². The first-order chi connectivity index (χ1) is 7.16. The number of benzene rings is 1. The van der Waals surface area contributed by atoms with Gasteiger partial charge in [-0.25, -0.2) is 0 Å². The Labute approximate surface area is 90.4 Å². The van der Waals surface area contributed by atoms with Crippen molar-refractivity contribution in [3.8, 4) is 0 Å². The van der Waals surface area contributed by atoms with Crippen LogP contribution in [0.3, 0.4) is 0 Å². The van der Waals surface area contributed by atoms with Crippen LogP contribution in [0.5, 0.6) is 0 Å². The van der Waals surface area contributed by atoms with Gasteiger partial charge in [-0.1, -0.05) is 29.8 Å². The van der Waals surface area contributed by atoms with E-state index in [0.717, 1.165) is 19.5 Å². The maximum Gasteiger partial charge on any atom is 0.188 e. The van der Waals surface area contributed by atoms with Gasteiger partial charge in [-0.05, 0) is 18.9 Å². The minimum absolute atomic E-state index is 0.199. The van der Waals surface area contributed by atoms with Gasteiger partial charge >= 0.3 is 0 Å². The second-order valence-electron chi connectivity index (χ2n) is 4.23. The zero-order valence-electron chi connectivity index (χ0n) is 9.03. The molecule has 1 aromatic carbocycles. The van der Waals surface area contributed by atoms with Crippen LogP contribution in [-0.4, -0.2) is 23.9 Å². The smallest absolute Gasteiger partial charge is 0.188 e. The molecule has 1 fully saturated rings. The Bertz CT molecular complexity index is 356. The van der Waals surface area contributed by atoms with Crippen molar-refractivity contribution in [3.05, 3.63) is 35.4 Å². The van der Waals surface area contributed by atoms with Crippen LogP contribution in [0.15, 0.2) is 24.3 Å². The van der Waals surface area contributed by atoms with Crippen molar-refractivity contribution in [1.29, 1.82) is 5.41 Å². The molecule has 1 unspecified atom stereocenters. The molecule has 15 heavy (non-hydrogen) atoms. The number of nitrogens with two attached hydrogens (primary N) is 1. The zero-order chi connectivity index (χ0) is 10.8. The Morgan fingerprint density at radius 2 is 2.07 bits per heavy atom. The van der Waals surface area contributed by atoms with Gasteiger partial charge in [0.15, 0.2) is 5.96 Å². The second-order valence-corrected chi connectivity index (χ2v) is 4.23. The molecule has 1 aliphatic rings. The van der Waals surface area contributed by atoms with E-state index in [0.29, 0.717) is 5.92 Å². The molecule has 0 spiro atoms. The normalized spacial score (nSPS) is 20.6. The number of guanidine groups is 1. The predicted octanol–water partition coefficient (Wildman–Crippen LogP) is 1.68. The van der Waals surface area contributed by atoms with E-state index in [-0.39, 0.29) is 5.96 Å². The lowest BCUT2D eigenvalue weighted by Crippen LogP contribution is -2.34. The van der Waals surface area contributed by atoms with Crippen molar-refractivity contribution < 1.29 is 0 Å². The van der Waals surface area contributed by atoms with Crippen LogP contribution in [0.1, 0.15) is 23.5 Å². The van der Waals surface area contributed by atoms with E-state index < -0.39 is 0 Å². The van der Waals surface area contributed by atoms with Gasteiger partial charge in [0.25, 0.3) is 0 Å². The molecular weight excluding hydrogens is 186 g/mol. The number of hydrogen-bond acceptors (Lipinski definition) is 1. The summed E-state index contributed by atoms with van der Waals surface area (Å²) in [6.07, 6.45) is 1.10. The summed E-state index contributed by atoms with van der Waals surface area (Å²) < 4.78 is 0. The van der Waals surface area contributed by atoms with Crippen LogP contribution >= 0.6 is 0 Å². The fourth-order valence-corrected chi connectivity index (χ4v) is 2.09. The summed E-state index contributed by atoms with van der Waals surface area (Å²) in [6, 6.07) is 8.66. The van der Waals surface area contributed by atoms with Crippen molar-refractivity contribution in [3.63, 3.8) is 0 Å². The van der Waals surface area contributed by atoms with Gasteiger partial charge in [0.05, 0.1) is 0 Å². The van der Waals surface area contributed by atoms with Crippen LogP contribution < -0.4 is 5.73 Å². The van der Waals surface area contributed by atoms with Crippen molar-refractivity contribution in [2.24, 2.45) is 5.73 Å². The molecule has 2 rings (SSSR count). The Morgan fingerprint density at radius 1 is 1.40 bits per heavy atom. The van der Waals surface area contributed by atoms with Gasteiger partial charge in [-0.3, -0.25) is 5.41 Å². The van der Waals surface area contributed by atoms with E-state index in [1.165, 1.54) is 11.1 Å². The first-order valence-corrected chi connectivity index (χ1v) is 5.32. The van der Waals surface area contributed by atoms with E-state index in [1.54, 1.807) is 0 Å². The highest BCUT2D eigenvalue weighted by atomic mass is 15.2. The van der Waals surface area contributed by atoms with E-state index in [1.807, 2.05) is 4.90 Å². The Hall–Kier alpha value is -1.51. The summed E-state index contributed by atoms with van der Waals surface area (Å²) in [5.74, 6) is 0.735. The molecule has 1 aliphatic heterocycles. The number of rotatable bonds is 1. The number of likely N-dealkylation sites (tertiary alicyclic amines) is 1. The molecule has 1 aromatic rings. The SMILES string of the molecule is Cc1ccc(C2CCN(C(=N)N)C2)cc1. The van der Waals surface area contributed by atoms with Crippen LogP contribution in [0.2, 0.25) is 0 Å². The second kappa shape index (κ2) is 3.93. The molecule has 0 radical (unpaired) electrons. The first-order valence-electron chi connectivity index (χ1n) is 5.32. The van der Waals surface area contributed by atoms with Crippen molar-refractivity contribution >= 4 is 5.96 Å². The van der Waals surface area contributed by atoms with Crippen molar-refractivity contribution in [1.82, 2.24) is 4.90 Å².